The van der Waals surface area contributed by atoms with Crippen molar-refractivity contribution in [3.8, 4) is 0 Å². The van der Waals surface area contributed by atoms with Crippen molar-refractivity contribution in [3.63, 3.8) is 0 Å². The van der Waals surface area contributed by atoms with E-state index in [1.54, 1.807) is 24.3 Å². The zero-order chi connectivity index (χ0) is 30.7. The number of hydrogen-bond acceptors (Lipinski definition) is 4. The summed E-state index contributed by atoms with van der Waals surface area (Å²) in [5.41, 5.74) is 0.987. The van der Waals surface area contributed by atoms with Crippen LogP contribution >= 0.6 is 0 Å². The van der Waals surface area contributed by atoms with Crippen LogP contribution in [-0.2, 0) is 9.47 Å². The Labute approximate surface area is 260 Å². The molecule has 0 bridgehead atoms. The summed E-state index contributed by atoms with van der Waals surface area (Å²) in [5.74, 6) is 0.658. The van der Waals surface area contributed by atoms with Crippen LogP contribution in [-0.4, -0.2) is 25.2 Å². The molecule has 0 aliphatic heterocycles. The fourth-order valence-electron chi connectivity index (χ4n) is 5.85. The van der Waals surface area contributed by atoms with Gasteiger partial charge in [0.15, 0.2) is 0 Å². The fourth-order valence-corrected chi connectivity index (χ4v) is 5.85. The highest BCUT2D eigenvalue weighted by molar-refractivity contribution is 5.93. The van der Waals surface area contributed by atoms with Crippen LogP contribution in [0.5, 0.6) is 0 Å². The average Bonchev–Trinajstić information content (AvgIpc) is 3.00. The first-order valence-corrected chi connectivity index (χ1v) is 18.0. The van der Waals surface area contributed by atoms with Crippen molar-refractivity contribution in [2.45, 2.75) is 169 Å². The van der Waals surface area contributed by atoms with Gasteiger partial charge in [0.25, 0.3) is 0 Å². The molecule has 0 unspecified atom stereocenters. The number of esters is 2. The van der Waals surface area contributed by atoms with Gasteiger partial charge >= 0.3 is 11.9 Å². The Balaban J connectivity index is 2.47. The largest absolute Gasteiger partial charge is 0.462 e. The Morgan fingerprint density at radius 2 is 0.738 bits per heavy atom. The summed E-state index contributed by atoms with van der Waals surface area (Å²) in [7, 11) is 0. The van der Waals surface area contributed by atoms with Gasteiger partial charge < -0.3 is 9.47 Å². The van der Waals surface area contributed by atoms with E-state index in [0.717, 1.165) is 12.8 Å². The molecule has 42 heavy (non-hydrogen) atoms. The summed E-state index contributed by atoms with van der Waals surface area (Å²) < 4.78 is 11.3. The molecular weight excluding hydrogens is 520 g/mol. The van der Waals surface area contributed by atoms with Gasteiger partial charge in [-0.05, 0) is 48.9 Å². The molecule has 1 rings (SSSR count). The minimum Gasteiger partial charge on any atom is -0.462 e. The molecule has 0 aliphatic carbocycles. The van der Waals surface area contributed by atoms with Crippen LogP contribution < -0.4 is 0 Å². The van der Waals surface area contributed by atoms with E-state index in [1.165, 1.54) is 128 Å². The Morgan fingerprint density at radius 3 is 1.00 bits per heavy atom. The van der Waals surface area contributed by atoms with Gasteiger partial charge in [0.1, 0.15) is 0 Å². The lowest BCUT2D eigenvalue weighted by Gasteiger charge is -2.17. The van der Waals surface area contributed by atoms with Crippen molar-refractivity contribution >= 4 is 11.9 Å². The lowest BCUT2D eigenvalue weighted by atomic mass is 9.92. The van der Waals surface area contributed by atoms with Crippen LogP contribution in [0.1, 0.15) is 190 Å². The molecule has 0 aliphatic rings. The molecule has 1 aromatic carbocycles. The van der Waals surface area contributed by atoms with E-state index in [9.17, 15) is 9.59 Å². The summed E-state index contributed by atoms with van der Waals surface area (Å²) in [6.45, 7) is 9.93. The minimum atomic E-state index is -0.306. The first-order valence-electron chi connectivity index (χ1n) is 18.0. The number of carbonyl (C=O) groups is 2. The number of ether oxygens (including phenoxy) is 2. The average molecular weight is 587 g/mol. The molecule has 0 saturated carbocycles. The van der Waals surface area contributed by atoms with Gasteiger partial charge in [-0.15, -0.1) is 0 Å². The molecule has 0 atom stereocenters. The van der Waals surface area contributed by atoms with Crippen molar-refractivity contribution in [1.29, 1.82) is 0 Å². The highest BCUT2D eigenvalue weighted by Crippen LogP contribution is 2.23. The van der Waals surface area contributed by atoms with Crippen LogP contribution in [0, 0.1) is 11.8 Å². The van der Waals surface area contributed by atoms with E-state index < -0.39 is 0 Å². The van der Waals surface area contributed by atoms with Gasteiger partial charge in [0.2, 0.25) is 0 Å². The van der Waals surface area contributed by atoms with Crippen molar-refractivity contribution in [3.05, 3.63) is 35.4 Å². The number of benzene rings is 1. The highest BCUT2D eigenvalue weighted by atomic mass is 16.5. The molecule has 0 spiro atoms. The number of rotatable bonds is 28. The smallest absolute Gasteiger partial charge is 0.338 e. The lowest BCUT2D eigenvalue weighted by Crippen LogP contribution is -2.12. The van der Waals surface area contributed by atoms with Crippen molar-refractivity contribution in [1.82, 2.24) is 0 Å². The molecule has 0 saturated heterocycles. The second kappa shape index (κ2) is 26.8. The molecule has 0 radical (unpaired) electrons. The maximum absolute atomic E-state index is 12.7. The van der Waals surface area contributed by atoms with Crippen LogP contribution in [0.3, 0.4) is 0 Å². The topological polar surface area (TPSA) is 52.6 Å². The van der Waals surface area contributed by atoms with Crippen LogP contribution in [0.25, 0.3) is 0 Å². The molecule has 1 aromatic rings. The minimum absolute atomic E-state index is 0.306. The van der Waals surface area contributed by atoms with Gasteiger partial charge in [-0.2, -0.15) is 0 Å². The molecular formula is C38H66O4. The molecule has 0 amide bonds. The molecule has 0 aromatic heterocycles. The highest BCUT2D eigenvalue weighted by Gasteiger charge is 2.15. The van der Waals surface area contributed by atoms with E-state index in [-0.39, 0.29) is 11.9 Å². The quantitative estimate of drug-likeness (QED) is 0.0724. The van der Waals surface area contributed by atoms with Crippen LogP contribution in [0.2, 0.25) is 0 Å². The molecule has 242 valence electrons. The molecule has 0 N–H and O–H groups in total. The third-order valence-corrected chi connectivity index (χ3v) is 8.74. The van der Waals surface area contributed by atoms with Gasteiger partial charge in [-0.1, -0.05) is 156 Å². The van der Waals surface area contributed by atoms with E-state index in [1.807, 2.05) is 0 Å². The number of hydrogen-bond donors (Lipinski definition) is 0. The second-order valence-corrected chi connectivity index (χ2v) is 12.6. The van der Waals surface area contributed by atoms with E-state index in [4.69, 9.17) is 9.47 Å². The van der Waals surface area contributed by atoms with Crippen LogP contribution in [0.15, 0.2) is 24.3 Å². The van der Waals surface area contributed by atoms with Gasteiger partial charge in [-0.25, -0.2) is 9.59 Å². The maximum atomic E-state index is 12.7. The Bertz CT molecular complexity index is 683. The molecule has 0 heterocycles. The first-order chi connectivity index (χ1) is 20.5. The second-order valence-electron chi connectivity index (χ2n) is 12.6. The standard InChI is InChI=1S/C38H66O4/c1-5-9-13-17-21-33(22-18-14-10-6-2)29-31-41-37(39)35-25-27-36(28-26-35)38(40)42-32-30-34(23-19-15-11-7-3)24-20-16-12-8-4/h25-28,33-34H,5-24,29-32H2,1-4H3. The lowest BCUT2D eigenvalue weighted by molar-refractivity contribution is 0.0463. The summed E-state index contributed by atoms with van der Waals surface area (Å²) in [5, 5.41) is 0. The SMILES string of the molecule is CCCCCCC(CCCCCC)CCOC(=O)c1ccc(C(=O)OCCC(CCCCCC)CCCCCC)cc1. The predicted octanol–water partition coefficient (Wildman–Crippen LogP) is 11.9. The van der Waals surface area contributed by atoms with E-state index in [0.29, 0.717) is 36.2 Å². The van der Waals surface area contributed by atoms with Crippen molar-refractivity contribution < 1.29 is 19.1 Å². The first kappa shape index (κ1) is 38.2. The van der Waals surface area contributed by atoms with Crippen molar-refractivity contribution in [2.24, 2.45) is 11.8 Å². The summed E-state index contributed by atoms with van der Waals surface area (Å²) >= 11 is 0. The normalized spacial score (nSPS) is 11.4. The summed E-state index contributed by atoms with van der Waals surface area (Å²) in [6, 6.07) is 6.76. The fraction of sp³-hybridized carbons (Fsp3) is 0.789. The number of carbonyl (C=O) groups excluding carboxylic acids is 2. The molecule has 4 heteroatoms. The van der Waals surface area contributed by atoms with Gasteiger partial charge in [0.05, 0.1) is 24.3 Å². The zero-order valence-electron chi connectivity index (χ0n) is 28.1. The Morgan fingerprint density at radius 1 is 0.452 bits per heavy atom. The van der Waals surface area contributed by atoms with Gasteiger partial charge in [-0.3, -0.25) is 0 Å². The van der Waals surface area contributed by atoms with Crippen LogP contribution in [0.4, 0.5) is 0 Å². The van der Waals surface area contributed by atoms with Gasteiger partial charge in [0, 0.05) is 0 Å². The molecule has 0 fully saturated rings. The summed E-state index contributed by atoms with van der Waals surface area (Å²) in [6.07, 6.45) is 27.4. The monoisotopic (exact) mass is 586 g/mol. The maximum Gasteiger partial charge on any atom is 0.338 e. The third kappa shape index (κ3) is 19.4. The molecule has 4 nitrogen and oxygen atoms in total. The Hall–Kier alpha value is -1.84. The van der Waals surface area contributed by atoms with E-state index in [2.05, 4.69) is 27.7 Å². The van der Waals surface area contributed by atoms with Crippen molar-refractivity contribution in [2.75, 3.05) is 13.2 Å². The predicted molar refractivity (Wildman–Crippen MR) is 178 cm³/mol. The van der Waals surface area contributed by atoms with E-state index >= 15 is 0 Å². The third-order valence-electron chi connectivity index (χ3n) is 8.74. The zero-order valence-corrected chi connectivity index (χ0v) is 28.1. The number of unbranched alkanes of at least 4 members (excludes halogenated alkanes) is 12. The summed E-state index contributed by atoms with van der Waals surface area (Å²) in [4.78, 5) is 25.3. The Kier molecular flexibility index (Phi) is 24.3.